The summed E-state index contributed by atoms with van der Waals surface area (Å²) in [5.74, 6) is 0.338. The molecule has 1 atom stereocenters. The number of benzene rings is 1. The molecule has 3 rings (SSSR count). The minimum absolute atomic E-state index is 0. The van der Waals surface area contributed by atoms with E-state index in [1.165, 1.54) is 11.1 Å². The molecule has 2 heterocycles. The first kappa shape index (κ1) is 19.7. The molecule has 5 nitrogen and oxygen atoms in total. The maximum Gasteiger partial charge on any atom is 0.240 e. The highest BCUT2D eigenvalue weighted by atomic mass is 35.5. The van der Waals surface area contributed by atoms with Crippen molar-refractivity contribution in [1.29, 1.82) is 0 Å². The fourth-order valence-electron chi connectivity index (χ4n) is 3.61. The lowest BCUT2D eigenvalue weighted by Crippen LogP contribution is -2.52. The maximum absolute atomic E-state index is 12.8. The Labute approximate surface area is 155 Å². The van der Waals surface area contributed by atoms with Gasteiger partial charge in [-0.3, -0.25) is 9.59 Å². The standard InChI is InChI=1S/C19H27N3O2.ClH/c1-13(2)21-18(23)14-7-9-22(10-8-14)19(24)17-11-15-5-3-4-6-16(15)12-20-17;/h3-6,13-14,17,20H,7-12H2,1-2H3,(H,21,23);1H. The summed E-state index contributed by atoms with van der Waals surface area (Å²) in [4.78, 5) is 26.8. The molecular formula is C19H28ClN3O2. The highest BCUT2D eigenvalue weighted by Gasteiger charge is 2.32. The molecule has 0 spiro atoms. The molecule has 0 aliphatic carbocycles. The normalized spacial score (nSPS) is 20.6. The number of carbonyl (C=O) groups is 2. The van der Waals surface area contributed by atoms with Crippen LogP contribution in [0.25, 0.3) is 0 Å². The Morgan fingerprint density at radius 3 is 2.44 bits per heavy atom. The van der Waals surface area contributed by atoms with Gasteiger partial charge in [0.15, 0.2) is 0 Å². The fourth-order valence-corrected chi connectivity index (χ4v) is 3.61. The van der Waals surface area contributed by atoms with Crippen LogP contribution in [0.15, 0.2) is 24.3 Å². The molecule has 0 aromatic heterocycles. The zero-order chi connectivity index (χ0) is 17.1. The Balaban J connectivity index is 0.00000225. The van der Waals surface area contributed by atoms with Gasteiger partial charge in [0.05, 0.1) is 6.04 Å². The van der Waals surface area contributed by atoms with Gasteiger partial charge in [-0.15, -0.1) is 12.4 Å². The van der Waals surface area contributed by atoms with Crippen molar-refractivity contribution in [2.75, 3.05) is 13.1 Å². The Morgan fingerprint density at radius 1 is 1.16 bits per heavy atom. The predicted octanol–water partition coefficient (Wildman–Crippen LogP) is 1.89. The quantitative estimate of drug-likeness (QED) is 0.859. The highest BCUT2D eigenvalue weighted by Crippen LogP contribution is 2.21. The van der Waals surface area contributed by atoms with Crippen molar-refractivity contribution in [3.63, 3.8) is 0 Å². The minimum atomic E-state index is -0.138. The number of likely N-dealkylation sites (tertiary alicyclic amines) is 1. The van der Waals surface area contributed by atoms with E-state index in [0.717, 1.165) is 25.8 Å². The lowest BCUT2D eigenvalue weighted by molar-refractivity contribution is -0.137. The van der Waals surface area contributed by atoms with Crippen LogP contribution in [0.3, 0.4) is 0 Å². The molecule has 2 N–H and O–H groups in total. The first-order valence-electron chi connectivity index (χ1n) is 8.94. The molecule has 2 aliphatic rings. The summed E-state index contributed by atoms with van der Waals surface area (Å²) in [5, 5.41) is 6.34. The van der Waals surface area contributed by atoms with E-state index in [-0.39, 0.29) is 42.2 Å². The van der Waals surface area contributed by atoms with Crippen LogP contribution in [-0.4, -0.2) is 41.9 Å². The number of piperidine rings is 1. The lowest BCUT2D eigenvalue weighted by Gasteiger charge is -2.35. The van der Waals surface area contributed by atoms with E-state index in [4.69, 9.17) is 0 Å². The van der Waals surface area contributed by atoms with Gasteiger partial charge in [0.25, 0.3) is 0 Å². The summed E-state index contributed by atoms with van der Waals surface area (Å²) in [7, 11) is 0. The molecule has 1 saturated heterocycles. The van der Waals surface area contributed by atoms with Crippen LogP contribution >= 0.6 is 12.4 Å². The topological polar surface area (TPSA) is 61.4 Å². The van der Waals surface area contributed by atoms with Crippen molar-refractivity contribution in [1.82, 2.24) is 15.5 Å². The number of carbonyl (C=O) groups excluding carboxylic acids is 2. The summed E-state index contributed by atoms with van der Waals surface area (Å²) in [6.45, 7) is 6.05. The van der Waals surface area contributed by atoms with E-state index in [1.807, 2.05) is 30.9 Å². The molecule has 2 aliphatic heterocycles. The third-order valence-corrected chi connectivity index (χ3v) is 4.99. The SMILES string of the molecule is CC(C)NC(=O)C1CCN(C(=O)C2Cc3ccccc3CN2)CC1.Cl. The van der Waals surface area contributed by atoms with Crippen LogP contribution in [0.1, 0.15) is 37.8 Å². The summed E-state index contributed by atoms with van der Waals surface area (Å²) in [6.07, 6.45) is 2.27. The largest absolute Gasteiger partial charge is 0.354 e. The van der Waals surface area contributed by atoms with E-state index in [0.29, 0.717) is 13.1 Å². The number of rotatable bonds is 3. The Morgan fingerprint density at radius 2 is 1.80 bits per heavy atom. The average Bonchev–Trinajstić information content (AvgIpc) is 2.60. The van der Waals surface area contributed by atoms with E-state index in [9.17, 15) is 9.59 Å². The van der Waals surface area contributed by atoms with Gasteiger partial charge in [-0.2, -0.15) is 0 Å². The van der Waals surface area contributed by atoms with Gasteiger partial charge < -0.3 is 15.5 Å². The minimum Gasteiger partial charge on any atom is -0.354 e. The molecule has 25 heavy (non-hydrogen) atoms. The van der Waals surface area contributed by atoms with Crippen LogP contribution in [0.5, 0.6) is 0 Å². The molecule has 6 heteroatoms. The second-order valence-electron chi connectivity index (χ2n) is 7.17. The molecule has 1 aromatic rings. The number of amides is 2. The molecule has 1 unspecified atom stereocenters. The predicted molar refractivity (Wildman–Crippen MR) is 101 cm³/mol. The van der Waals surface area contributed by atoms with Gasteiger partial charge in [0.1, 0.15) is 0 Å². The van der Waals surface area contributed by atoms with Crippen molar-refractivity contribution in [3.05, 3.63) is 35.4 Å². The molecule has 138 valence electrons. The van der Waals surface area contributed by atoms with E-state index < -0.39 is 0 Å². The Bertz CT molecular complexity index is 612. The molecule has 0 radical (unpaired) electrons. The van der Waals surface area contributed by atoms with Crippen LogP contribution in [0, 0.1) is 5.92 Å². The van der Waals surface area contributed by atoms with Gasteiger partial charge in [-0.05, 0) is 44.2 Å². The van der Waals surface area contributed by atoms with Crippen molar-refractivity contribution in [3.8, 4) is 0 Å². The summed E-state index contributed by atoms with van der Waals surface area (Å²) in [5.41, 5.74) is 2.55. The van der Waals surface area contributed by atoms with Gasteiger partial charge in [0.2, 0.25) is 11.8 Å². The van der Waals surface area contributed by atoms with Gasteiger partial charge >= 0.3 is 0 Å². The molecule has 1 fully saturated rings. The number of hydrogen-bond acceptors (Lipinski definition) is 3. The van der Waals surface area contributed by atoms with E-state index in [2.05, 4.69) is 22.8 Å². The average molecular weight is 366 g/mol. The third-order valence-electron chi connectivity index (χ3n) is 4.99. The van der Waals surface area contributed by atoms with Gasteiger partial charge in [-0.1, -0.05) is 24.3 Å². The lowest BCUT2D eigenvalue weighted by atomic mass is 9.92. The zero-order valence-corrected chi connectivity index (χ0v) is 15.8. The van der Waals surface area contributed by atoms with Crippen LogP contribution < -0.4 is 10.6 Å². The number of halogens is 1. The summed E-state index contributed by atoms with van der Waals surface area (Å²) >= 11 is 0. The second-order valence-corrected chi connectivity index (χ2v) is 7.17. The van der Waals surface area contributed by atoms with Crippen LogP contribution in [0.4, 0.5) is 0 Å². The highest BCUT2D eigenvalue weighted by molar-refractivity contribution is 5.85. The van der Waals surface area contributed by atoms with Crippen molar-refractivity contribution in [2.45, 2.75) is 51.7 Å². The number of hydrogen-bond donors (Lipinski definition) is 2. The maximum atomic E-state index is 12.8. The molecular weight excluding hydrogens is 338 g/mol. The number of nitrogens with zero attached hydrogens (tertiary/aromatic N) is 1. The molecule has 1 aromatic carbocycles. The van der Waals surface area contributed by atoms with Crippen molar-refractivity contribution < 1.29 is 9.59 Å². The van der Waals surface area contributed by atoms with Crippen LogP contribution in [-0.2, 0) is 22.6 Å². The first-order valence-corrected chi connectivity index (χ1v) is 8.94. The smallest absolute Gasteiger partial charge is 0.240 e. The third kappa shape index (κ3) is 4.73. The van der Waals surface area contributed by atoms with Crippen molar-refractivity contribution in [2.24, 2.45) is 5.92 Å². The Hall–Kier alpha value is -1.59. The molecule has 0 bridgehead atoms. The van der Waals surface area contributed by atoms with Gasteiger partial charge in [-0.25, -0.2) is 0 Å². The van der Waals surface area contributed by atoms with Crippen LogP contribution in [0.2, 0.25) is 0 Å². The van der Waals surface area contributed by atoms with Crippen molar-refractivity contribution >= 4 is 24.2 Å². The molecule has 2 amide bonds. The number of nitrogens with one attached hydrogen (secondary N) is 2. The fraction of sp³-hybridized carbons (Fsp3) is 0.579. The number of fused-ring (bicyclic) bond motifs is 1. The first-order chi connectivity index (χ1) is 11.5. The summed E-state index contributed by atoms with van der Waals surface area (Å²) in [6, 6.07) is 8.32. The second kappa shape index (κ2) is 8.68. The zero-order valence-electron chi connectivity index (χ0n) is 15.0. The van der Waals surface area contributed by atoms with E-state index >= 15 is 0 Å². The summed E-state index contributed by atoms with van der Waals surface area (Å²) < 4.78 is 0. The molecule has 0 saturated carbocycles. The van der Waals surface area contributed by atoms with E-state index in [1.54, 1.807) is 0 Å². The van der Waals surface area contributed by atoms with Gasteiger partial charge in [0, 0.05) is 31.6 Å². The Kier molecular flexibility index (Phi) is 6.85. The monoisotopic (exact) mass is 365 g/mol.